The fraction of sp³-hybridized carbons (Fsp3) is 1.00. The molecule has 0 aliphatic heterocycles. The van der Waals surface area contributed by atoms with Crippen molar-refractivity contribution in [3.8, 4) is 0 Å². The van der Waals surface area contributed by atoms with Gasteiger partial charge in [0.25, 0.3) is 0 Å². The third-order valence-electron chi connectivity index (χ3n) is 1.84. The summed E-state index contributed by atoms with van der Waals surface area (Å²) in [7, 11) is 0. The summed E-state index contributed by atoms with van der Waals surface area (Å²) in [5, 5.41) is 40.6. The van der Waals surface area contributed by atoms with E-state index in [0.717, 1.165) is 0 Å². The van der Waals surface area contributed by atoms with Gasteiger partial charge in [0, 0.05) is 0 Å². The summed E-state index contributed by atoms with van der Waals surface area (Å²) in [5.41, 5.74) is 0. The molecule has 0 rings (SSSR count). The molecule has 0 aromatic rings. The van der Waals surface area contributed by atoms with E-state index in [0.29, 0.717) is 0 Å². The second kappa shape index (κ2) is 19.3. The first-order chi connectivity index (χ1) is 11.8. The summed E-state index contributed by atoms with van der Waals surface area (Å²) in [6, 6.07) is 0. The molecule has 0 radical (unpaired) electrons. The number of alkyl halides is 12. The molecule has 0 aromatic carbocycles. The molecule has 0 amide bonds. The fourth-order valence-electron chi connectivity index (χ4n) is 0. The third-order valence-corrected chi connectivity index (χ3v) is 5.53. The van der Waals surface area contributed by atoms with Crippen LogP contribution < -0.4 is 20.4 Å². The molecule has 0 spiro atoms. The average molecular weight is 698 g/mol. The second-order valence-electron chi connectivity index (χ2n) is 4.74. The first-order valence-corrected chi connectivity index (χ1v) is 11.2. The predicted octanol–water partition coefficient (Wildman–Crippen LogP) is 4.42. The van der Waals surface area contributed by atoms with Crippen LogP contribution in [-0.4, -0.2) is 39.6 Å². The van der Waals surface area contributed by atoms with Crippen LogP contribution in [0.2, 0.25) is 0 Å². The van der Waals surface area contributed by atoms with Crippen molar-refractivity contribution in [3.05, 3.63) is 0 Å². The Morgan fingerprint density at radius 2 is 0.414 bits per heavy atom. The molecule has 0 fully saturated rings. The molecule has 0 bridgehead atoms. The molecule has 29 heavy (non-hydrogen) atoms. The maximum absolute atomic E-state index is 10.2. The minimum atomic E-state index is -1.64. The number of hydrogen-bond acceptors (Lipinski definition) is 4. The minimum Gasteiger partial charge on any atom is -0.849 e. The average Bonchev–Trinajstić information content (AvgIpc) is 2.35. The van der Waals surface area contributed by atoms with E-state index in [-0.39, 0.29) is 21.7 Å². The largest absolute Gasteiger partial charge is 4.00 e. The molecule has 0 N–H and O–H groups in total. The Bertz CT molecular complexity index is 301. The Labute approximate surface area is 246 Å². The molecular weight excluding hydrogens is 681 g/mol. The maximum atomic E-state index is 10.2. The third kappa shape index (κ3) is 36.8. The van der Waals surface area contributed by atoms with Crippen molar-refractivity contribution >= 4 is 139 Å². The molecule has 0 heterocycles. The van der Waals surface area contributed by atoms with E-state index in [4.69, 9.17) is 139 Å². The summed E-state index contributed by atoms with van der Waals surface area (Å²) in [5.74, 6) is 0. The van der Waals surface area contributed by atoms with Crippen molar-refractivity contribution in [3.63, 3.8) is 0 Å². The molecule has 0 saturated heterocycles. The van der Waals surface area contributed by atoms with Crippen LogP contribution in [0.3, 0.4) is 0 Å². The van der Waals surface area contributed by atoms with Gasteiger partial charge >= 0.3 is 21.7 Å². The Morgan fingerprint density at radius 1 is 0.379 bits per heavy atom. The molecule has 0 saturated carbocycles. The van der Waals surface area contributed by atoms with Gasteiger partial charge in [0.2, 0.25) is 0 Å². The Morgan fingerprint density at radius 3 is 0.414 bits per heavy atom. The van der Waals surface area contributed by atoms with Crippen molar-refractivity contribution in [2.75, 3.05) is 0 Å². The zero-order chi connectivity index (χ0) is 24.3. The van der Waals surface area contributed by atoms with Crippen LogP contribution in [-0.2, 0) is 21.7 Å². The molecule has 4 nitrogen and oxygen atoms in total. The summed E-state index contributed by atoms with van der Waals surface area (Å²) < 4.78 is -6.56. The Balaban J connectivity index is -0.0000000873. The number of hydrogen-bond donors (Lipinski definition) is 0. The van der Waals surface area contributed by atoms with E-state index in [1.165, 1.54) is 27.7 Å². The molecular formula is C12H16Cl12O4Ti. The molecule has 4 unspecified atom stereocenters. The van der Waals surface area contributed by atoms with Crippen molar-refractivity contribution in [2.45, 2.75) is 67.3 Å². The second-order valence-corrected chi connectivity index (χ2v) is 14.2. The Hall–Kier alpha value is 4.03. The normalized spacial score (nSPS) is 16.1. The van der Waals surface area contributed by atoms with Crippen LogP contribution >= 0.6 is 139 Å². The fourth-order valence-corrected chi connectivity index (χ4v) is 0. The number of rotatable bonds is 0. The summed E-state index contributed by atoms with van der Waals surface area (Å²) >= 11 is 61.0. The summed E-state index contributed by atoms with van der Waals surface area (Å²) in [6.07, 6.45) is -4.62. The van der Waals surface area contributed by atoms with E-state index in [1.807, 2.05) is 0 Å². The molecule has 0 aromatic heterocycles. The topological polar surface area (TPSA) is 92.2 Å². The van der Waals surface area contributed by atoms with Crippen molar-refractivity contribution < 1.29 is 42.1 Å². The van der Waals surface area contributed by atoms with Crippen molar-refractivity contribution in [2.24, 2.45) is 0 Å². The summed E-state index contributed by atoms with van der Waals surface area (Å²) in [4.78, 5) is 0. The maximum Gasteiger partial charge on any atom is 4.00 e. The zero-order valence-electron chi connectivity index (χ0n) is 15.0. The zero-order valence-corrected chi connectivity index (χ0v) is 25.6. The van der Waals surface area contributed by atoms with Gasteiger partial charge < -0.3 is 20.4 Å². The van der Waals surface area contributed by atoms with Crippen LogP contribution in [0.15, 0.2) is 0 Å². The van der Waals surface area contributed by atoms with Gasteiger partial charge in [-0.1, -0.05) is 191 Å². The Kier molecular flexibility index (Phi) is 28.6. The van der Waals surface area contributed by atoms with Gasteiger partial charge in [0.15, 0.2) is 15.2 Å². The molecule has 0 aliphatic rings. The van der Waals surface area contributed by atoms with Crippen LogP contribution in [0, 0.1) is 0 Å². The van der Waals surface area contributed by atoms with E-state index in [9.17, 15) is 20.4 Å². The molecule has 4 atom stereocenters. The first-order valence-electron chi connectivity index (χ1n) is 6.67. The van der Waals surface area contributed by atoms with E-state index < -0.39 is 39.6 Å². The number of halogens is 12. The van der Waals surface area contributed by atoms with Gasteiger partial charge in [-0.2, -0.15) is 0 Å². The molecule has 0 aliphatic carbocycles. The van der Waals surface area contributed by atoms with Gasteiger partial charge in [0.1, 0.15) is 0 Å². The SMILES string of the molecule is CC([O-])C(Cl)(Cl)Cl.CC([O-])C(Cl)(Cl)Cl.CC([O-])C(Cl)(Cl)Cl.CC([O-])C(Cl)(Cl)Cl.[Ti+4]. The van der Waals surface area contributed by atoms with Gasteiger partial charge in [-0.3, -0.25) is 0 Å². The van der Waals surface area contributed by atoms with Crippen LogP contribution in [0.25, 0.3) is 0 Å². The van der Waals surface area contributed by atoms with Crippen LogP contribution in [0.5, 0.6) is 0 Å². The predicted molar refractivity (Wildman–Crippen MR) is 119 cm³/mol. The van der Waals surface area contributed by atoms with Gasteiger partial charge in [-0.15, -0.1) is 0 Å². The monoisotopic (exact) mass is 692 g/mol. The molecule has 17 heteroatoms. The molecule has 176 valence electrons. The quantitative estimate of drug-likeness (QED) is 0.277. The van der Waals surface area contributed by atoms with Gasteiger partial charge in [-0.25, -0.2) is 0 Å². The summed E-state index contributed by atoms with van der Waals surface area (Å²) in [6.45, 7) is 5.19. The minimum absolute atomic E-state index is 0. The van der Waals surface area contributed by atoms with Crippen molar-refractivity contribution in [1.82, 2.24) is 0 Å². The smallest absolute Gasteiger partial charge is 0.849 e. The van der Waals surface area contributed by atoms with E-state index in [2.05, 4.69) is 0 Å². The van der Waals surface area contributed by atoms with Gasteiger partial charge in [0.05, 0.1) is 0 Å². The standard InChI is InChI=1S/4C3H4Cl3O.Ti/c4*1-2(7)3(4,5)6;/h4*2H,1H3;/q4*-1;+4. The van der Waals surface area contributed by atoms with Crippen molar-refractivity contribution in [1.29, 1.82) is 0 Å². The van der Waals surface area contributed by atoms with E-state index in [1.54, 1.807) is 0 Å². The van der Waals surface area contributed by atoms with Gasteiger partial charge in [-0.05, 0) is 0 Å². The van der Waals surface area contributed by atoms with E-state index >= 15 is 0 Å². The van der Waals surface area contributed by atoms with Crippen LogP contribution in [0.4, 0.5) is 0 Å². The first kappa shape index (κ1) is 43.1. The van der Waals surface area contributed by atoms with Crippen LogP contribution in [0.1, 0.15) is 27.7 Å².